The van der Waals surface area contributed by atoms with Crippen LogP contribution in [0.2, 0.25) is 0 Å². The van der Waals surface area contributed by atoms with Crippen LogP contribution in [-0.4, -0.2) is 5.75 Å². The van der Waals surface area contributed by atoms with Crippen molar-refractivity contribution in [1.82, 2.24) is 0 Å². The molecule has 0 heterocycles. The Balaban J connectivity index is 1.47. The first-order valence-electron chi connectivity index (χ1n) is 14.4. The maximum Gasteiger partial charge on any atom is 0.0449 e. The average Bonchev–Trinajstić information content (AvgIpc) is 3.12. The summed E-state index contributed by atoms with van der Waals surface area (Å²) in [5.74, 6) is 6.58. The molecule has 7 unspecified atom stereocenters. The third-order valence-corrected chi connectivity index (χ3v) is 11.2. The second-order valence-corrected chi connectivity index (χ2v) is 13.4. The van der Waals surface area contributed by atoms with Gasteiger partial charge in [0.1, 0.15) is 0 Å². The predicted octanol–water partition coefficient (Wildman–Crippen LogP) is 10.2. The average molecular weight is 463 g/mol. The minimum atomic E-state index is 0.540. The number of rotatable bonds is 10. The lowest BCUT2D eigenvalue weighted by atomic mass is 9.51. The highest BCUT2D eigenvalue weighted by Crippen LogP contribution is 2.65. The van der Waals surface area contributed by atoms with Crippen molar-refractivity contribution < 1.29 is 3.89 Å². The molecule has 32 heavy (non-hydrogen) atoms. The standard InChI is InChI=1S/C30H51FS/c1-5-6-10-22-12-14-25-26-16-17-30(4)24(11-8-7-9-21(2)3)13-15-29(30)28(26)19-23(20-32-31)27(25)18-22/h21-24,26,28-29H,5-20H2,1-4H3. The molecular weight excluding hydrogens is 411 g/mol. The molecule has 2 saturated carbocycles. The van der Waals surface area contributed by atoms with Gasteiger partial charge in [0.25, 0.3) is 0 Å². The van der Waals surface area contributed by atoms with E-state index in [0.717, 1.165) is 41.3 Å². The Morgan fingerprint density at radius 3 is 2.62 bits per heavy atom. The summed E-state index contributed by atoms with van der Waals surface area (Å²) < 4.78 is 13.6. The molecule has 0 aromatic carbocycles. The van der Waals surface area contributed by atoms with Crippen LogP contribution in [-0.2, 0) is 0 Å². The van der Waals surface area contributed by atoms with E-state index in [1.165, 1.54) is 96.3 Å². The van der Waals surface area contributed by atoms with Crippen LogP contribution in [0.3, 0.4) is 0 Å². The van der Waals surface area contributed by atoms with E-state index in [4.69, 9.17) is 0 Å². The normalized spacial score (nSPS) is 39.2. The first-order valence-corrected chi connectivity index (χ1v) is 15.3. The molecule has 4 aliphatic rings. The van der Waals surface area contributed by atoms with Crippen LogP contribution < -0.4 is 0 Å². The first kappa shape index (κ1) is 25.1. The van der Waals surface area contributed by atoms with Crippen LogP contribution in [0.1, 0.15) is 124 Å². The quantitative estimate of drug-likeness (QED) is 0.230. The van der Waals surface area contributed by atoms with E-state index in [9.17, 15) is 3.89 Å². The van der Waals surface area contributed by atoms with Crippen molar-refractivity contribution in [2.75, 3.05) is 5.75 Å². The number of fused-ring (bicyclic) bond motifs is 4. The molecule has 0 bridgehead atoms. The first-order chi connectivity index (χ1) is 15.5. The third-order valence-electron chi connectivity index (χ3n) is 10.7. The molecule has 0 aliphatic heterocycles. The van der Waals surface area contributed by atoms with Gasteiger partial charge in [0.2, 0.25) is 0 Å². The summed E-state index contributed by atoms with van der Waals surface area (Å²) in [6, 6.07) is 0. The van der Waals surface area contributed by atoms with E-state index in [1.54, 1.807) is 5.57 Å². The Labute approximate surface area is 203 Å². The number of unbranched alkanes of at least 4 members (excludes halogenated alkanes) is 2. The summed E-state index contributed by atoms with van der Waals surface area (Å²) in [7, 11) is 0. The Morgan fingerprint density at radius 2 is 1.88 bits per heavy atom. The summed E-state index contributed by atoms with van der Waals surface area (Å²) >= 11 is 0.629. The summed E-state index contributed by atoms with van der Waals surface area (Å²) in [5, 5.41) is 0. The number of allylic oxidation sites excluding steroid dienone is 2. The van der Waals surface area contributed by atoms with Gasteiger partial charge in [-0.05, 0) is 105 Å². The summed E-state index contributed by atoms with van der Waals surface area (Å²) in [4.78, 5) is 0. The Kier molecular flexibility index (Phi) is 8.77. The zero-order valence-electron chi connectivity index (χ0n) is 21.6. The lowest BCUT2D eigenvalue weighted by molar-refractivity contribution is 0.00317. The molecule has 4 aliphatic carbocycles. The fourth-order valence-corrected chi connectivity index (χ4v) is 9.44. The fraction of sp³-hybridized carbons (Fsp3) is 0.933. The summed E-state index contributed by atoms with van der Waals surface area (Å²) in [5.41, 5.74) is 4.19. The van der Waals surface area contributed by atoms with Gasteiger partial charge in [0.15, 0.2) is 0 Å². The number of hydrogen-bond donors (Lipinski definition) is 0. The molecule has 2 heteroatoms. The van der Waals surface area contributed by atoms with E-state index < -0.39 is 0 Å². The highest BCUT2D eigenvalue weighted by molar-refractivity contribution is 7.94. The van der Waals surface area contributed by atoms with Crippen molar-refractivity contribution >= 4 is 12.1 Å². The largest absolute Gasteiger partial charge is 0.165 e. The fourth-order valence-electron chi connectivity index (χ4n) is 8.95. The van der Waals surface area contributed by atoms with E-state index in [0.29, 0.717) is 23.5 Å². The molecule has 184 valence electrons. The van der Waals surface area contributed by atoms with Gasteiger partial charge in [-0.25, -0.2) is 0 Å². The van der Waals surface area contributed by atoms with Gasteiger partial charge >= 0.3 is 0 Å². The van der Waals surface area contributed by atoms with E-state index in [-0.39, 0.29) is 0 Å². The van der Waals surface area contributed by atoms with Crippen LogP contribution in [0.25, 0.3) is 0 Å². The van der Waals surface area contributed by atoms with Crippen LogP contribution in [0.15, 0.2) is 11.1 Å². The summed E-state index contributed by atoms with van der Waals surface area (Å²) in [6.45, 7) is 9.73. The SMILES string of the molecule is CCCCC1CCC2=C(C1)C(CSF)CC1C2CCC2(C)C(CCCCC(C)C)CCC12. The number of halogens is 1. The van der Waals surface area contributed by atoms with Gasteiger partial charge in [0.05, 0.1) is 0 Å². The molecule has 0 saturated heterocycles. The van der Waals surface area contributed by atoms with E-state index >= 15 is 0 Å². The van der Waals surface area contributed by atoms with Crippen LogP contribution in [0, 0.1) is 46.8 Å². The molecule has 0 aromatic heterocycles. The highest BCUT2D eigenvalue weighted by atomic mass is 32.2. The van der Waals surface area contributed by atoms with Crippen molar-refractivity contribution in [1.29, 1.82) is 0 Å². The van der Waals surface area contributed by atoms with Gasteiger partial charge < -0.3 is 0 Å². The minimum absolute atomic E-state index is 0.540. The van der Waals surface area contributed by atoms with E-state index in [1.807, 2.05) is 5.57 Å². The van der Waals surface area contributed by atoms with Gasteiger partial charge in [-0.3, -0.25) is 0 Å². The van der Waals surface area contributed by atoms with Crippen molar-refractivity contribution in [3.8, 4) is 0 Å². The summed E-state index contributed by atoms with van der Waals surface area (Å²) in [6.07, 6.45) is 21.0. The zero-order chi connectivity index (χ0) is 22.7. The predicted molar refractivity (Wildman–Crippen MR) is 139 cm³/mol. The topological polar surface area (TPSA) is 0 Å². The zero-order valence-corrected chi connectivity index (χ0v) is 22.5. The Bertz CT molecular complexity index is 639. The molecule has 7 atom stereocenters. The molecule has 4 rings (SSSR count). The number of hydrogen-bond acceptors (Lipinski definition) is 1. The van der Waals surface area contributed by atoms with Crippen LogP contribution >= 0.6 is 12.1 Å². The van der Waals surface area contributed by atoms with Crippen molar-refractivity contribution in [3.63, 3.8) is 0 Å². The van der Waals surface area contributed by atoms with Crippen LogP contribution in [0.4, 0.5) is 3.89 Å². The smallest absolute Gasteiger partial charge is 0.0449 e. The lowest BCUT2D eigenvalue weighted by Crippen LogP contribution is -2.45. The molecule has 2 fully saturated rings. The maximum absolute atomic E-state index is 13.6. The van der Waals surface area contributed by atoms with E-state index in [2.05, 4.69) is 27.7 Å². The maximum atomic E-state index is 13.6. The Morgan fingerprint density at radius 1 is 1.03 bits per heavy atom. The van der Waals surface area contributed by atoms with Gasteiger partial charge in [-0.2, -0.15) is 3.89 Å². The monoisotopic (exact) mass is 462 g/mol. The Hall–Kier alpha value is 0.0200. The molecule has 0 nitrogen and oxygen atoms in total. The minimum Gasteiger partial charge on any atom is -0.165 e. The second kappa shape index (κ2) is 11.2. The van der Waals surface area contributed by atoms with Gasteiger partial charge in [-0.15, -0.1) is 0 Å². The molecule has 0 N–H and O–H groups in total. The van der Waals surface area contributed by atoms with Crippen molar-refractivity contribution in [2.45, 2.75) is 124 Å². The van der Waals surface area contributed by atoms with Crippen molar-refractivity contribution in [2.24, 2.45) is 46.8 Å². The highest BCUT2D eigenvalue weighted by Gasteiger charge is 2.55. The molecule has 0 radical (unpaired) electrons. The lowest BCUT2D eigenvalue weighted by Gasteiger charge is -2.54. The third kappa shape index (κ3) is 5.16. The van der Waals surface area contributed by atoms with Gasteiger partial charge in [-0.1, -0.05) is 77.4 Å². The molecule has 0 aromatic rings. The molecule has 0 spiro atoms. The van der Waals surface area contributed by atoms with Crippen molar-refractivity contribution in [3.05, 3.63) is 11.1 Å². The van der Waals surface area contributed by atoms with Crippen LogP contribution in [0.5, 0.6) is 0 Å². The molecule has 0 amide bonds. The van der Waals surface area contributed by atoms with Gasteiger partial charge in [0, 0.05) is 17.9 Å². The molecular formula is C30H51FS. The second-order valence-electron chi connectivity index (χ2n) is 12.9.